The first-order chi connectivity index (χ1) is 11.4. The predicted octanol–water partition coefficient (Wildman–Crippen LogP) is -3.50. The van der Waals surface area contributed by atoms with E-state index >= 15 is 0 Å². The smallest absolute Gasteiger partial charge is 0.126 e. The van der Waals surface area contributed by atoms with Gasteiger partial charge >= 0.3 is 0 Å². The van der Waals surface area contributed by atoms with Crippen molar-refractivity contribution >= 4 is 0 Å². The highest BCUT2D eigenvalue weighted by Gasteiger charge is 2.30. The number of aromatic nitrogens is 2. The number of rotatable bonds is 11. The van der Waals surface area contributed by atoms with E-state index in [4.69, 9.17) is 20.1 Å². The van der Waals surface area contributed by atoms with Crippen molar-refractivity contribution < 1.29 is 40.5 Å². The Labute approximate surface area is 138 Å². The van der Waals surface area contributed by atoms with Gasteiger partial charge in [0.15, 0.2) is 0 Å². The summed E-state index contributed by atoms with van der Waals surface area (Å²) < 4.78 is 5.12. The summed E-state index contributed by atoms with van der Waals surface area (Å²) in [6.07, 6.45) is -4.07. The summed E-state index contributed by atoms with van der Waals surface area (Å²) in [6, 6.07) is 0. The molecule has 1 aromatic rings. The lowest BCUT2D eigenvalue weighted by Crippen LogP contribution is -2.38. The molecular formula is C14H24N2O8. The second-order valence-electron chi connectivity index (χ2n) is 5.21. The van der Waals surface area contributed by atoms with E-state index in [0.29, 0.717) is 5.69 Å². The largest absolute Gasteiger partial charge is 0.394 e. The van der Waals surface area contributed by atoms with Gasteiger partial charge in [-0.3, -0.25) is 9.97 Å². The molecule has 1 rings (SSSR count). The minimum absolute atomic E-state index is 0.0468. The standard InChI is InChI=1S/C14H24N2O8/c17-1-2-24-14(12(22)7-19)13(23)9-5-15-8(4-16-9)3-10(20)11(21)6-18/h4-5,10-14,17-23H,1-3,6-7H2/t10-,11+,12+,13+,14-/m0/s1. The molecular weight excluding hydrogens is 324 g/mol. The first-order valence-electron chi connectivity index (χ1n) is 7.41. The van der Waals surface area contributed by atoms with Crippen LogP contribution in [0.4, 0.5) is 0 Å². The first-order valence-corrected chi connectivity index (χ1v) is 7.41. The fourth-order valence-corrected chi connectivity index (χ4v) is 1.97. The van der Waals surface area contributed by atoms with Crippen LogP contribution < -0.4 is 0 Å². The molecule has 0 bridgehead atoms. The van der Waals surface area contributed by atoms with Crippen LogP contribution in [0.3, 0.4) is 0 Å². The summed E-state index contributed by atoms with van der Waals surface area (Å²) in [4.78, 5) is 7.94. The lowest BCUT2D eigenvalue weighted by atomic mass is 10.1. The van der Waals surface area contributed by atoms with Gasteiger partial charge in [0.25, 0.3) is 0 Å². The molecule has 1 aromatic heterocycles. The van der Waals surface area contributed by atoms with Gasteiger partial charge in [-0.05, 0) is 0 Å². The molecule has 1 heterocycles. The maximum Gasteiger partial charge on any atom is 0.126 e. The van der Waals surface area contributed by atoms with Crippen LogP contribution in [0.1, 0.15) is 17.5 Å². The number of aliphatic hydroxyl groups is 7. The number of ether oxygens (including phenoxy) is 1. The fourth-order valence-electron chi connectivity index (χ4n) is 1.97. The van der Waals surface area contributed by atoms with Crippen molar-refractivity contribution in [3.63, 3.8) is 0 Å². The van der Waals surface area contributed by atoms with E-state index in [1.807, 2.05) is 0 Å². The maximum atomic E-state index is 10.2. The fraction of sp³-hybridized carbons (Fsp3) is 0.714. The molecule has 5 atom stereocenters. The van der Waals surface area contributed by atoms with Crippen LogP contribution in [0.5, 0.6) is 0 Å². The number of nitrogens with zero attached hydrogens (tertiary/aromatic N) is 2. The third-order valence-corrected chi connectivity index (χ3v) is 3.36. The molecule has 0 radical (unpaired) electrons. The Morgan fingerprint density at radius 1 is 0.875 bits per heavy atom. The topological polar surface area (TPSA) is 177 Å². The van der Waals surface area contributed by atoms with Crippen LogP contribution in [-0.2, 0) is 11.2 Å². The average Bonchev–Trinajstić information content (AvgIpc) is 2.61. The van der Waals surface area contributed by atoms with Crippen molar-refractivity contribution in [2.45, 2.75) is 36.9 Å². The van der Waals surface area contributed by atoms with Gasteiger partial charge in [0.05, 0.1) is 50.1 Å². The van der Waals surface area contributed by atoms with Gasteiger partial charge in [-0.1, -0.05) is 0 Å². The van der Waals surface area contributed by atoms with E-state index in [1.54, 1.807) is 0 Å². The molecule has 7 N–H and O–H groups in total. The van der Waals surface area contributed by atoms with Crippen molar-refractivity contribution in [1.29, 1.82) is 0 Å². The molecule has 0 aliphatic heterocycles. The van der Waals surface area contributed by atoms with Gasteiger partial charge in [-0.15, -0.1) is 0 Å². The van der Waals surface area contributed by atoms with Crippen LogP contribution in [0.2, 0.25) is 0 Å². The second-order valence-corrected chi connectivity index (χ2v) is 5.21. The SMILES string of the molecule is OCCO[C@@H]([C@H](O)CO)[C@H](O)c1cnc(C[C@H](O)[C@H](O)CO)cn1. The second kappa shape index (κ2) is 10.6. The zero-order chi connectivity index (χ0) is 18.1. The van der Waals surface area contributed by atoms with E-state index in [9.17, 15) is 20.4 Å². The van der Waals surface area contributed by atoms with Crippen LogP contribution in [0.25, 0.3) is 0 Å². The van der Waals surface area contributed by atoms with Gasteiger partial charge in [0.2, 0.25) is 0 Å². The zero-order valence-electron chi connectivity index (χ0n) is 13.0. The van der Waals surface area contributed by atoms with E-state index in [1.165, 1.54) is 12.4 Å². The Morgan fingerprint density at radius 2 is 1.54 bits per heavy atom. The van der Waals surface area contributed by atoms with Crippen LogP contribution in [0, 0.1) is 0 Å². The molecule has 0 aliphatic rings. The van der Waals surface area contributed by atoms with Crippen LogP contribution in [0.15, 0.2) is 12.4 Å². The number of hydrogen-bond acceptors (Lipinski definition) is 10. The van der Waals surface area contributed by atoms with Gasteiger partial charge in [-0.2, -0.15) is 0 Å². The van der Waals surface area contributed by atoms with Crippen molar-refractivity contribution in [2.24, 2.45) is 0 Å². The summed E-state index contributed by atoms with van der Waals surface area (Å²) in [6.45, 7) is -1.70. The third-order valence-electron chi connectivity index (χ3n) is 3.36. The monoisotopic (exact) mass is 348 g/mol. The predicted molar refractivity (Wildman–Crippen MR) is 79.7 cm³/mol. The average molecular weight is 348 g/mol. The Hall–Kier alpha value is -1.24. The quantitative estimate of drug-likeness (QED) is 0.212. The molecule has 10 nitrogen and oxygen atoms in total. The van der Waals surface area contributed by atoms with Gasteiger partial charge in [0.1, 0.15) is 24.4 Å². The zero-order valence-corrected chi connectivity index (χ0v) is 13.0. The molecule has 0 aliphatic carbocycles. The van der Waals surface area contributed by atoms with Gasteiger partial charge in [-0.25, -0.2) is 0 Å². The van der Waals surface area contributed by atoms with Crippen molar-refractivity contribution in [1.82, 2.24) is 9.97 Å². The lowest BCUT2D eigenvalue weighted by Gasteiger charge is -2.26. The third kappa shape index (κ3) is 6.00. The summed E-state index contributed by atoms with van der Waals surface area (Å²) in [5.41, 5.74) is 0.382. The highest BCUT2D eigenvalue weighted by Crippen LogP contribution is 2.20. The molecule has 24 heavy (non-hydrogen) atoms. The molecule has 0 spiro atoms. The van der Waals surface area contributed by atoms with Crippen LogP contribution in [-0.4, -0.2) is 96.6 Å². The van der Waals surface area contributed by atoms with E-state index < -0.39 is 43.7 Å². The lowest BCUT2D eigenvalue weighted by molar-refractivity contribution is -0.120. The molecule has 0 amide bonds. The molecule has 0 fully saturated rings. The summed E-state index contributed by atoms with van der Waals surface area (Å²) >= 11 is 0. The normalized spacial score (nSPS) is 18.0. The van der Waals surface area contributed by atoms with E-state index in [-0.39, 0.29) is 25.3 Å². The first kappa shape index (κ1) is 20.8. The highest BCUT2D eigenvalue weighted by atomic mass is 16.5. The molecule has 10 heteroatoms. The van der Waals surface area contributed by atoms with Crippen molar-refractivity contribution in [2.75, 3.05) is 26.4 Å². The Bertz CT molecular complexity index is 461. The van der Waals surface area contributed by atoms with Crippen molar-refractivity contribution in [3.8, 4) is 0 Å². The molecule has 0 aromatic carbocycles. The molecule has 0 saturated heterocycles. The number of hydrogen-bond donors (Lipinski definition) is 7. The van der Waals surface area contributed by atoms with Gasteiger partial charge < -0.3 is 40.5 Å². The molecule has 0 saturated carbocycles. The molecule has 0 unspecified atom stereocenters. The summed E-state index contributed by atoms with van der Waals surface area (Å²) in [7, 11) is 0. The Kier molecular flexibility index (Phi) is 9.18. The number of aliphatic hydroxyl groups excluding tert-OH is 7. The maximum absolute atomic E-state index is 10.2. The van der Waals surface area contributed by atoms with E-state index in [0.717, 1.165) is 0 Å². The highest BCUT2D eigenvalue weighted by molar-refractivity contribution is 5.08. The summed E-state index contributed by atoms with van der Waals surface area (Å²) in [5, 5.41) is 65.3. The van der Waals surface area contributed by atoms with Crippen LogP contribution >= 0.6 is 0 Å². The summed E-state index contributed by atoms with van der Waals surface area (Å²) in [5.74, 6) is 0. The van der Waals surface area contributed by atoms with E-state index in [2.05, 4.69) is 9.97 Å². The van der Waals surface area contributed by atoms with Gasteiger partial charge in [0, 0.05) is 12.6 Å². The van der Waals surface area contributed by atoms with Crippen molar-refractivity contribution in [3.05, 3.63) is 23.8 Å². The minimum atomic E-state index is -1.40. The minimum Gasteiger partial charge on any atom is -0.394 e. The Morgan fingerprint density at radius 3 is 2.04 bits per heavy atom. The molecule has 138 valence electrons. The Balaban J connectivity index is 2.78.